The molecule has 1 N–H and O–H groups in total. The highest BCUT2D eigenvalue weighted by atomic mass is 16.3. The van der Waals surface area contributed by atoms with Crippen LogP contribution in [-0.4, -0.2) is 11.2 Å². The van der Waals surface area contributed by atoms with Crippen molar-refractivity contribution >= 4 is 0 Å². The number of fused-ring (bicyclic) bond motifs is 5. The van der Waals surface area contributed by atoms with Gasteiger partial charge in [-0.15, -0.1) is 0 Å². The quantitative estimate of drug-likeness (QED) is 0.470. The average Bonchev–Trinajstić information content (AvgIpc) is 3.03. The molecule has 1 heteroatoms. The van der Waals surface area contributed by atoms with Gasteiger partial charge in [-0.25, -0.2) is 0 Å². The van der Waals surface area contributed by atoms with Gasteiger partial charge in [0.05, 0.1) is 6.10 Å². The smallest absolute Gasteiger partial charge is 0.0543 e. The molecule has 4 saturated carbocycles. The highest BCUT2D eigenvalue weighted by Gasteiger charge is 2.60. The second kappa shape index (κ2) is 7.99. The van der Waals surface area contributed by atoms with Gasteiger partial charge in [0.1, 0.15) is 0 Å². The summed E-state index contributed by atoms with van der Waals surface area (Å²) in [7, 11) is 0. The summed E-state index contributed by atoms with van der Waals surface area (Å²) in [6.07, 6.45) is 14.7. The van der Waals surface area contributed by atoms with Gasteiger partial charge in [-0.1, -0.05) is 46.8 Å². The van der Waals surface area contributed by atoms with Gasteiger partial charge in [0.2, 0.25) is 0 Å². The number of aliphatic hydroxyl groups excluding tert-OH is 1. The minimum absolute atomic E-state index is 0.0178. The van der Waals surface area contributed by atoms with Crippen LogP contribution in [0.5, 0.6) is 0 Å². The lowest BCUT2D eigenvalue weighted by Crippen LogP contribution is -2.54. The van der Waals surface area contributed by atoms with Gasteiger partial charge in [-0.2, -0.15) is 0 Å². The third kappa shape index (κ3) is 3.66. The van der Waals surface area contributed by atoms with Crippen molar-refractivity contribution in [3.8, 4) is 0 Å². The van der Waals surface area contributed by atoms with Crippen LogP contribution in [0.4, 0.5) is 0 Å². The number of hydrogen-bond acceptors (Lipinski definition) is 1. The van der Waals surface area contributed by atoms with Crippen LogP contribution in [0.1, 0.15) is 105 Å². The van der Waals surface area contributed by atoms with Crippen molar-refractivity contribution < 1.29 is 5.11 Å². The van der Waals surface area contributed by atoms with E-state index in [0.717, 1.165) is 48.3 Å². The molecule has 0 aromatic carbocycles. The second-order valence-corrected chi connectivity index (χ2v) is 12.6. The monoisotopic (exact) mass is 400 g/mol. The Morgan fingerprint density at radius 1 is 0.931 bits per heavy atom. The first-order valence-electron chi connectivity index (χ1n) is 13.0. The van der Waals surface area contributed by atoms with Crippen molar-refractivity contribution in [3.05, 3.63) is 12.2 Å². The Hall–Kier alpha value is -0.300. The molecule has 0 unspecified atom stereocenters. The maximum absolute atomic E-state index is 10.3. The van der Waals surface area contributed by atoms with Crippen molar-refractivity contribution in [2.24, 2.45) is 52.3 Å². The van der Waals surface area contributed by atoms with E-state index in [1.807, 2.05) is 0 Å². The third-order valence-electron chi connectivity index (χ3n) is 11.1. The fourth-order valence-corrected chi connectivity index (χ4v) is 9.11. The molecule has 0 aromatic heterocycles. The Balaban J connectivity index is 1.46. The largest absolute Gasteiger partial charge is 0.393 e. The Bertz CT molecular complexity index is 607. The summed E-state index contributed by atoms with van der Waals surface area (Å²) in [4.78, 5) is 0. The number of hydrogen-bond donors (Lipinski definition) is 1. The Morgan fingerprint density at radius 3 is 2.34 bits per heavy atom. The predicted molar refractivity (Wildman–Crippen MR) is 124 cm³/mol. The van der Waals surface area contributed by atoms with Crippen LogP contribution >= 0.6 is 0 Å². The number of allylic oxidation sites excluding steroid dienone is 1. The van der Waals surface area contributed by atoms with E-state index in [9.17, 15) is 5.11 Å². The maximum Gasteiger partial charge on any atom is 0.0543 e. The molecule has 0 aromatic rings. The minimum Gasteiger partial charge on any atom is -0.393 e. The van der Waals surface area contributed by atoms with Crippen LogP contribution in [0.3, 0.4) is 0 Å². The molecule has 9 atom stereocenters. The third-order valence-corrected chi connectivity index (χ3v) is 11.1. The molecule has 4 aliphatic carbocycles. The molecule has 4 rings (SSSR count). The zero-order valence-electron chi connectivity index (χ0n) is 20.1. The van der Waals surface area contributed by atoms with E-state index in [2.05, 4.69) is 41.2 Å². The summed E-state index contributed by atoms with van der Waals surface area (Å²) in [5.41, 5.74) is 2.55. The van der Waals surface area contributed by atoms with Gasteiger partial charge in [0.15, 0.2) is 0 Å². The van der Waals surface area contributed by atoms with Crippen molar-refractivity contribution in [2.75, 3.05) is 0 Å². The van der Waals surface area contributed by atoms with Crippen molar-refractivity contribution in [1.82, 2.24) is 0 Å². The van der Waals surface area contributed by atoms with Gasteiger partial charge in [0, 0.05) is 0 Å². The van der Waals surface area contributed by atoms with E-state index in [1.165, 1.54) is 63.4 Å². The van der Waals surface area contributed by atoms with Crippen LogP contribution < -0.4 is 0 Å². The summed E-state index contributed by atoms with van der Waals surface area (Å²) < 4.78 is 0. The highest BCUT2D eigenvalue weighted by Crippen LogP contribution is 2.68. The molecule has 0 heterocycles. The van der Waals surface area contributed by atoms with E-state index in [1.54, 1.807) is 0 Å². The molecule has 0 aliphatic heterocycles. The topological polar surface area (TPSA) is 20.2 Å². The molecule has 0 saturated heterocycles. The molecule has 166 valence electrons. The van der Waals surface area contributed by atoms with Crippen molar-refractivity contribution in [1.29, 1.82) is 0 Å². The van der Waals surface area contributed by atoms with Gasteiger partial charge < -0.3 is 5.11 Å². The van der Waals surface area contributed by atoms with Gasteiger partial charge in [-0.3, -0.25) is 0 Å². The van der Waals surface area contributed by atoms with Crippen molar-refractivity contribution in [3.63, 3.8) is 0 Å². The van der Waals surface area contributed by atoms with E-state index in [4.69, 9.17) is 0 Å². The molecular formula is C28H48O. The van der Waals surface area contributed by atoms with Gasteiger partial charge in [-0.05, 0) is 123 Å². The molecule has 0 radical (unpaired) electrons. The van der Waals surface area contributed by atoms with E-state index in [0.29, 0.717) is 16.7 Å². The first-order chi connectivity index (χ1) is 13.7. The summed E-state index contributed by atoms with van der Waals surface area (Å²) in [5, 5.41) is 10.3. The highest BCUT2D eigenvalue weighted by molar-refractivity contribution is 5.10. The predicted octanol–water partition coefficient (Wildman–Crippen LogP) is 7.63. The van der Waals surface area contributed by atoms with Crippen LogP contribution in [0, 0.1) is 52.3 Å². The lowest BCUT2D eigenvalue weighted by Gasteiger charge is -2.61. The lowest BCUT2D eigenvalue weighted by atomic mass is 9.44. The Morgan fingerprint density at radius 2 is 1.62 bits per heavy atom. The van der Waals surface area contributed by atoms with E-state index >= 15 is 0 Å². The first kappa shape index (κ1) is 21.9. The molecule has 4 fully saturated rings. The van der Waals surface area contributed by atoms with Crippen LogP contribution in [0.2, 0.25) is 0 Å². The summed E-state index contributed by atoms with van der Waals surface area (Å²) in [6.45, 7) is 16.8. The zero-order valence-corrected chi connectivity index (χ0v) is 20.1. The van der Waals surface area contributed by atoms with E-state index in [-0.39, 0.29) is 6.10 Å². The van der Waals surface area contributed by atoms with Crippen molar-refractivity contribution in [2.45, 2.75) is 111 Å². The Labute approximate surface area is 181 Å². The molecular weight excluding hydrogens is 352 g/mol. The average molecular weight is 401 g/mol. The second-order valence-electron chi connectivity index (χ2n) is 12.6. The molecule has 0 spiro atoms. The fraction of sp³-hybridized carbons (Fsp3) is 0.929. The summed E-state index contributed by atoms with van der Waals surface area (Å²) in [5.74, 6) is 6.05. The maximum atomic E-state index is 10.3. The SMILES string of the molecule is C=C(CC[C@@H](C)[C@H]1CC[C@H]2[C@@H]3CC[C@H]4C[C@@H](O)CC[C@]4(C)[C@H]3CC[C@]12C)C(C)C. The minimum atomic E-state index is -0.0178. The summed E-state index contributed by atoms with van der Waals surface area (Å²) in [6, 6.07) is 0. The molecule has 29 heavy (non-hydrogen) atoms. The number of rotatable bonds is 5. The van der Waals surface area contributed by atoms with Crippen LogP contribution in [0.25, 0.3) is 0 Å². The Kier molecular flexibility index (Phi) is 6.04. The standard InChI is InChI=1S/C28H48O/c1-18(2)19(3)7-8-20(4)24-11-12-25-23-10-9-21-17-22(29)13-15-27(21,5)26(23)14-16-28(24,25)6/h18,20-26,29H,3,7-17H2,1-2,4-6H3/t20-,21+,22+,23+,24-,25+,26+,27+,28-/m1/s1. The first-order valence-corrected chi connectivity index (χ1v) is 13.0. The molecule has 0 amide bonds. The molecule has 1 nitrogen and oxygen atoms in total. The fourth-order valence-electron chi connectivity index (χ4n) is 9.11. The van der Waals surface area contributed by atoms with Gasteiger partial charge in [0.25, 0.3) is 0 Å². The van der Waals surface area contributed by atoms with Crippen LogP contribution in [0.15, 0.2) is 12.2 Å². The lowest BCUT2D eigenvalue weighted by molar-refractivity contribution is -0.129. The number of aliphatic hydroxyl groups is 1. The molecule has 4 aliphatic rings. The van der Waals surface area contributed by atoms with E-state index < -0.39 is 0 Å². The van der Waals surface area contributed by atoms with Gasteiger partial charge >= 0.3 is 0 Å². The summed E-state index contributed by atoms with van der Waals surface area (Å²) >= 11 is 0. The zero-order chi connectivity index (χ0) is 21.0. The normalized spacial score (nSPS) is 48.0. The van der Waals surface area contributed by atoms with Crippen LogP contribution in [-0.2, 0) is 0 Å². The molecule has 0 bridgehead atoms.